The fourth-order valence-corrected chi connectivity index (χ4v) is 3.57. The number of nitrogens with zero attached hydrogens (tertiary/aromatic N) is 1. The average Bonchev–Trinajstić information content (AvgIpc) is 2.34. The van der Waals surface area contributed by atoms with Crippen LogP contribution in [-0.4, -0.2) is 45.9 Å². The summed E-state index contributed by atoms with van der Waals surface area (Å²) in [6, 6.07) is 0. The molecule has 6 heteroatoms. The van der Waals surface area contributed by atoms with E-state index in [0.717, 1.165) is 25.8 Å². The van der Waals surface area contributed by atoms with Crippen LogP contribution >= 0.6 is 0 Å². The van der Waals surface area contributed by atoms with Crippen molar-refractivity contribution in [3.05, 3.63) is 0 Å². The third-order valence-electron chi connectivity index (χ3n) is 3.39. The van der Waals surface area contributed by atoms with Gasteiger partial charge in [-0.1, -0.05) is 13.8 Å². The van der Waals surface area contributed by atoms with Gasteiger partial charge >= 0.3 is 0 Å². The van der Waals surface area contributed by atoms with Gasteiger partial charge in [-0.25, -0.2) is 4.72 Å². The minimum atomic E-state index is -3.25. The van der Waals surface area contributed by atoms with Crippen LogP contribution in [0, 0.1) is 11.8 Å². The van der Waals surface area contributed by atoms with Gasteiger partial charge in [-0.2, -0.15) is 12.7 Å². The van der Waals surface area contributed by atoms with Gasteiger partial charge in [-0.3, -0.25) is 0 Å². The fourth-order valence-electron chi connectivity index (χ4n) is 2.15. The van der Waals surface area contributed by atoms with Crippen molar-refractivity contribution >= 4 is 10.2 Å². The first kappa shape index (κ1) is 15.9. The molecule has 0 aromatic carbocycles. The molecule has 0 aromatic rings. The monoisotopic (exact) mass is 277 g/mol. The molecule has 0 unspecified atom stereocenters. The Hall–Kier alpha value is -0.170. The normalized spacial score (nSPS) is 19.6. The minimum Gasteiger partial charge on any atom is -0.320 e. The second kappa shape index (κ2) is 7.43. The smallest absolute Gasteiger partial charge is 0.279 e. The van der Waals surface area contributed by atoms with Crippen molar-refractivity contribution in [2.24, 2.45) is 11.8 Å². The van der Waals surface area contributed by atoms with Crippen molar-refractivity contribution in [3.63, 3.8) is 0 Å². The Balaban J connectivity index is 2.37. The van der Waals surface area contributed by atoms with Gasteiger partial charge in [0.05, 0.1) is 0 Å². The molecule has 1 aliphatic rings. The highest BCUT2D eigenvalue weighted by Crippen LogP contribution is 2.21. The minimum absolute atomic E-state index is 0.341. The number of rotatable bonds is 7. The third kappa shape index (κ3) is 5.22. The lowest BCUT2D eigenvalue weighted by Gasteiger charge is -2.31. The molecule has 1 saturated heterocycles. The number of hydrogen-bond acceptors (Lipinski definition) is 3. The highest BCUT2D eigenvalue weighted by atomic mass is 32.2. The molecule has 2 N–H and O–H groups in total. The Kier molecular flexibility index (Phi) is 6.55. The maximum atomic E-state index is 12.0. The lowest BCUT2D eigenvalue weighted by Crippen LogP contribution is -2.46. The summed E-state index contributed by atoms with van der Waals surface area (Å²) >= 11 is 0. The van der Waals surface area contributed by atoms with Crippen LogP contribution in [0.25, 0.3) is 0 Å². The summed E-state index contributed by atoms with van der Waals surface area (Å²) in [5.41, 5.74) is 0. The fraction of sp³-hybridized carbons (Fsp3) is 1.00. The zero-order valence-electron chi connectivity index (χ0n) is 11.8. The van der Waals surface area contributed by atoms with Crippen LogP contribution in [0.4, 0.5) is 0 Å². The molecule has 0 radical (unpaired) electrons. The molecule has 1 fully saturated rings. The summed E-state index contributed by atoms with van der Waals surface area (Å²) in [7, 11) is -1.30. The molecule has 0 spiro atoms. The second-order valence-electron chi connectivity index (χ2n) is 5.48. The standard InChI is InChI=1S/C12H27N3O2S/c1-11(2)10-14-18(16,17)15-8-5-12(6-9-15)4-7-13-3/h11-14H,4-10H2,1-3H3. The molecular weight excluding hydrogens is 250 g/mol. The van der Waals surface area contributed by atoms with Gasteiger partial charge in [0.15, 0.2) is 0 Å². The van der Waals surface area contributed by atoms with Crippen molar-refractivity contribution in [1.29, 1.82) is 0 Å². The van der Waals surface area contributed by atoms with Gasteiger partial charge in [0, 0.05) is 19.6 Å². The summed E-state index contributed by atoms with van der Waals surface area (Å²) in [6.45, 7) is 6.85. The topological polar surface area (TPSA) is 61.4 Å². The SMILES string of the molecule is CNCCC1CCN(S(=O)(=O)NCC(C)C)CC1. The molecule has 0 aliphatic carbocycles. The van der Waals surface area contributed by atoms with E-state index >= 15 is 0 Å². The van der Waals surface area contributed by atoms with Crippen LogP contribution in [0.1, 0.15) is 33.1 Å². The molecule has 0 amide bonds. The number of piperidine rings is 1. The van der Waals surface area contributed by atoms with Crippen LogP contribution in [0.5, 0.6) is 0 Å². The summed E-state index contributed by atoms with van der Waals surface area (Å²) in [4.78, 5) is 0. The lowest BCUT2D eigenvalue weighted by molar-refractivity contribution is 0.260. The van der Waals surface area contributed by atoms with Crippen LogP contribution in [0.15, 0.2) is 0 Å². The zero-order chi connectivity index (χ0) is 13.6. The van der Waals surface area contributed by atoms with Crippen molar-refractivity contribution in [1.82, 2.24) is 14.3 Å². The molecule has 1 rings (SSSR count). The first-order chi connectivity index (χ1) is 8.45. The second-order valence-corrected chi connectivity index (χ2v) is 7.24. The first-order valence-electron chi connectivity index (χ1n) is 6.85. The van der Waals surface area contributed by atoms with E-state index < -0.39 is 10.2 Å². The largest absolute Gasteiger partial charge is 0.320 e. The van der Waals surface area contributed by atoms with Crippen LogP contribution in [0.2, 0.25) is 0 Å². The third-order valence-corrected chi connectivity index (χ3v) is 4.97. The molecule has 0 bridgehead atoms. The Labute approximate surface area is 112 Å². The predicted octanol–water partition coefficient (Wildman–Crippen LogP) is 0.798. The molecule has 18 heavy (non-hydrogen) atoms. The number of nitrogens with one attached hydrogen (secondary N) is 2. The highest BCUT2D eigenvalue weighted by Gasteiger charge is 2.27. The van der Waals surface area contributed by atoms with E-state index in [1.807, 2.05) is 20.9 Å². The van der Waals surface area contributed by atoms with Gasteiger partial charge in [0.2, 0.25) is 0 Å². The van der Waals surface area contributed by atoms with Crippen molar-refractivity contribution < 1.29 is 8.42 Å². The Bertz CT molecular complexity index is 322. The van der Waals surface area contributed by atoms with E-state index in [4.69, 9.17) is 0 Å². The van der Waals surface area contributed by atoms with E-state index in [1.165, 1.54) is 0 Å². The molecule has 1 heterocycles. The molecular formula is C12H27N3O2S. The van der Waals surface area contributed by atoms with Gasteiger partial charge < -0.3 is 5.32 Å². The Morgan fingerprint density at radius 2 is 1.89 bits per heavy atom. The summed E-state index contributed by atoms with van der Waals surface area (Å²) in [5, 5.41) is 3.15. The van der Waals surface area contributed by atoms with Crippen LogP contribution < -0.4 is 10.0 Å². The Morgan fingerprint density at radius 3 is 2.39 bits per heavy atom. The lowest BCUT2D eigenvalue weighted by atomic mass is 9.95. The molecule has 5 nitrogen and oxygen atoms in total. The van der Waals surface area contributed by atoms with E-state index in [-0.39, 0.29) is 0 Å². The average molecular weight is 277 g/mol. The molecule has 108 valence electrons. The van der Waals surface area contributed by atoms with Gasteiger partial charge in [0.25, 0.3) is 10.2 Å². The highest BCUT2D eigenvalue weighted by molar-refractivity contribution is 7.87. The molecule has 0 saturated carbocycles. The zero-order valence-corrected chi connectivity index (χ0v) is 12.6. The summed E-state index contributed by atoms with van der Waals surface area (Å²) in [6.07, 6.45) is 3.10. The number of hydrogen-bond donors (Lipinski definition) is 2. The van der Waals surface area contributed by atoms with Crippen molar-refractivity contribution in [3.8, 4) is 0 Å². The van der Waals surface area contributed by atoms with E-state index in [9.17, 15) is 8.42 Å². The van der Waals surface area contributed by atoms with E-state index in [1.54, 1.807) is 4.31 Å². The first-order valence-corrected chi connectivity index (χ1v) is 8.29. The summed E-state index contributed by atoms with van der Waals surface area (Å²) < 4.78 is 28.3. The predicted molar refractivity (Wildman–Crippen MR) is 74.6 cm³/mol. The quantitative estimate of drug-likeness (QED) is 0.723. The summed E-state index contributed by atoms with van der Waals surface area (Å²) in [5.74, 6) is 1.00. The van der Waals surface area contributed by atoms with E-state index in [0.29, 0.717) is 31.5 Å². The van der Waals surface area contributed by atoms with Gasteiger partial charge in [-0.05, 0) is 44.7 Å². The van der Waals surface area contributed by atoms with Gasteiger partial charge in [-0.15, -0.1) is 0 Å². The van der Waals surface area contributed by atoms with Crippen LogP contribution in [0.3, 0.4) is 0 Å². The molecule has 1 aliphatic heterocycles. The molecule has 0 atom stereocenters. The van der Waals surface area contributed by atoms with Crippen molar-refractivity contribution in [2.45, 2.75) is 33.1 Å². The van der Waals surface area contributed by atoms with Crippen LogP contribution in [-0.2, 0) is 10.2 Å². The van der Waals surface area contributed by atoms with E-state index in [2.05, 4.69) is 10.0 Å². The molecule has 0 aromatic heterocycles. The Morgan fingerprint density at radius 1 is 1.28 bits per heavy atom. The maximum Gasteiger partial charge on any atom is 0.279 e. The maximum absolute atomic E-state index is 12.0. The van der Waals surface area contributed by atoms with Gasteiger partial charge in [0.1, 0.15) is 0 Å². The van der Waals surface area contributed by atoms with Crippen molar-refractivity contribution in [2.75, 3.05) is 33.2 Å².